The van der Waals surface area contributed by atoms with E-state index in [1.165, 1.54) is 32.1 Å². The van der Waals surface area contributed by atoms with Crippen molar-refractivity contribution < 1.29 is 9.59 Å². The van der Waals surface area contributed by atoms with Gasteiger partial charge in [-0.15, -0.1) is 0 Å². The van der Waals surface area contributed by atoms with Crippen LogP contribution < -0.4 is 5.32 Å². The van der Waals surface area contributed by atoms with Gasteiger partial charge < -0.3 is 15.1 Å². The molecule has 1 atom stereocenters. The predicted octanol–water partition coefficient (Wildman–Crippen LogP) is 3.14. The number of likely N-dealkylation sites (tertiary alicyclic amines) is 2. The molecule has 2 aliphatic heterocycles. The van der Waals surface area contributed by atoms with Crippen LogP contribution in [0.4, 0.5) is 4.79 Å². The lowest BCUT2D eigenvalue weighted by Gasteiger charge is -2.48. The molecule has 1 N–H and O–H groups in total. The van der Waals surface area contributed by atoms with Crippen molar-refractivity contribution in [3.05, 3.63) is 0 Å². The van der Waals surface area contributed by atoms with Gasteiger partial charge in [0.2, 0.25) is 5.91 Å². The molecule has 4 fully saturated rings. The van der Waals surface area contributed by atoms with Gasteiger partial charge >= 0.3 is 6.03 Å². The highest BCUT2D eigenvalue weighted by molar-refractivity contribution is 5.77. The zero-order valence-electron chi connectivity index (χ0n) is 15.5. The van der Waals surface area contributed by atoms with Gasteiger partial charge in [0.15, 0.2) is 0 Å². The van der Waals surface area contributed by atoms with Crippen LogP contribution in [0.1, 0.15) is 70.6 Å². The number of piperidine rings is 2. The first-order valence-corrected chi connectivity index (χ1v) is 10.5. The summed E-state index contributed by atoms with van der Waals surface area (Å²) in [4.78, 5) is 29.2. The van der Waals surface area contributed by atoms with E-state index in [-0.39, 0.29) is 11.4 Å². The van der Waals surface area contributed by atoms with Crippen molar-refractivity contribution in [2.75, 3.05) is 26.2 Å². The van der Waals surface area contributed by atoms with Crippen molar-refractivity contribution in [1.29, 1.82) is 0 Å². The molecule has 140 valence electrons. The first-order valence-electron chi connectivity index (χ1n) is 10.5. The molecule has 5 nitrogen and oxygen atoms in total. The van der Waals surface area contributed by atoms with Gasteiger partial charge in [0.1, 0.15) is 0 Å². The van der Waals surface area contributed by atoms with Crippen LogP contribution >= 0.6 is 0 Å². The molecule has 0 aromatic heterocycles. The van der Waals surface area contributed by atoms with Crippen LogP contribution in [0.2, 0.25) is 0 Å². The Morgan fingerprint density at radius 3 is 2.60 bits per heavy atom. The van der Waals surface area contributed by atoms with Crippen LogP contribution in [-0.2, 0) is 4.79 Å². The standard InChI is InChI=1S/C20H33N3O2/c24-18-9-11-20(15-23(18)13-16-7-8-16)10-4-12-22(14-20)19(25)21-17-5-2-1-3-6-17/h16-17H,1-15H2,(H,21,25)/t20-/m0/s1. The molecular formula is C20H33N3O2. The molecule has 0 unspecified atom stereocenters. The maximum absolute atomic E-state index is 12.8. The number of urea groups is 1. The molecule has 2 aliphatic carbocycles. The highest BCUT2D eigenvalue weighted by Gasteiger charge is 2.43. The van der Waals surface area contributed by atoms with Gasteiger partial charge in [0.05, 0.1) is 0 Å². The predicted molar refractivity (Wildman–Crippen MR) is 97.2 cm³/mol. The maximum Gasteiger partial charge on any atom is 0.317 e. The van der Waals surface area contributed by atoms with Crippen molar-refractivity contribution in [3.63, 3.8) is 0 Å². The molecule has 4 rings (SSSR count). The Kier molecular flexibility index (Phi) is 4.92. The van der Waals surface area contributed by atoms with E-state index < -0.39 is 0 Å². The summed E-state index contributed by atoms with van der Waals surface area (Å²) < 4.78 is 0. The van der Waals surface area contributed by atoms with Crippen molar-refractivity contribution in [2.45, 2.75) is 76.7 Å². The van der Waals surface area contributed by atoms with Crippen LogP contribution in [0.5, 0.6) is 0 Å². The second kappa shape index (κ2) is 7.16. The summed E-state index contributed by atoms with van der Waals surface area (Å²) in [5.41, 5.74) is 0.144. The number of hydrogen-bond donors (Lipinski definition) is 1. The third-order valence-corrected chi connectivity index (χ3v) is 6.81. The number of amides is 3. The van der Waals surface area contributed by atoms with Crippen LogP contribution in [0.3, 0.4) is 0 Å². The number of nitrogens with zero attached hydrogens (tertiary/aromatic N) is 2. The van der Waals surface area contributed by atoms with Gasteiger partial charge in [0.25, 0.3) is 0 Å². The Morgan fingerprint density at radius 2 is 1.84 bits per heavy atom. The molecule has 2 saturated carbocycles. The molecule has 0 bridgehead atoms. The van der Waals surface area contributed by atoms with Crippen molar-refractivity contribution in [3.8, 4) is 0 Å². The van der Waals surface area contributed by atoms with Gasteiger partial charge in [0, 0.05) is 44.1 Å². The Hall–Kier alpha value is -1.26. The maximum atomic E-state index is 12.8. The Morgan fingerprint density at radius 1 is 1.04 bits per heavy atom. The molecule has 5 heteroatoms. The molecule has 3 amide bonds. The van der Waals surface area contributed by atoms with Gasteiger partial charge in [-0.25, -0.2) is 4.79 Å². The largest absolute Gasteiger partial charge is 0.342 e. The van der Waals surface area contributed by atoms with Crippen LogP contribution in [0.15, 0.2) is 0 Å². The number of carbonyl (C=O) groups is 2. The number of rotatable bonds is 3. The smallest absolute Gasteiger partial charge is 0.317 e. The summed E-state index contributed by atoms with van der Waals surface area (Å²) >= 11 is 0. The van der Waals surface area contributed by atoms with E-state index in [0.29, 0.717) is 18.4 Å². The first-order chi connectivity index (χ1) is 12.1. The van der Waals surface area contributed by atoms with Gasteiger partial charge in [-0.1, -0.05) is 19.3 Å². The zero-order valence-corrected chi connectivity index (χ0v) is 15.5. The first kappa shape index (κ1) is 17.2. The van der Waals surface area contributed by atoms with E-state index in [2.05, 4.69) is 10.2 Å². The fraction of sp³-hybridized carbons (Fsp3) is 0.900. The minimum atomic E-state index is 0.136. The topological polar surface area (TPSA) is 52.7 Å². The number of nitrogens with one attached hydrogen (secondary N) is 1. The normalized spacial score (nSPS) is 31.4. The van der Waals surface area contributed by atoms with Crippen molar-refractivity contribution in [2.24, 2.45) is 11.3 Å². The summed E-state index contributed by atoms with van der Waals surface area (Å²) in [5, 5.41) is 3.28. The molecule has 0 aromatic rings. The van der Waals surface area contributed by atoms with E-state index in [9.17, 15) is 9.59 Å². The Labute approximate surface area is 151 Å². The summed E-state index contributed by atoms with van der Waals surface area (Å²) in [5.74, 6) is 1.08. The van der Waals surface area contributed by atoms with Crippen LogP contribution in [0, 0.1) is 11.3 Å². The lowest BCUT2D eigenvalue weighted by Crippen LogP contribution is -2.57. The third-order valence-electron chi connectivity index (χ3n) is 6.81. The number of carbonyl (C=O) groups excluding carboxylic acids is 2. The van der Waals surface area contributed by atoms with Gasteiger partial charge in [-0.05, 0) is 50.9 Å². The van der Waals surface area contributed by atoms with E-state index in [1.807, 2.05) is 4.90 Å². The summed E-state index contributed by atoms with van der Waals surface area (Å²) in [6, 6.07) is 0.509. The molecule has 1 spiro atoms. The molecular weight excluding hydrogens is 314 g/mol. The molecule has 0 radical (unpaired) electrons. The minimum absolute atomic E-state index is 0.136. The van der Waals surface area contributed by atoms with Crippen LogP contribution in [0.25, 0.3) is 0 Å². The lowest BCUT2D eigenvalue weighted by molar-refractivity contribution is -0.139. The highest BCUT2D eigenvalue weighted by atomic mass is 16.2. The summed E-state index contributed by atoms with van der Waals surface area (Å²) in [6.45, 7) is 3.53. The fourth-order valence-electron chi connectivity index (χ4n) is 5.11. The number of hydrogen-bond acceptors (Lipinski definition) is 2. The summed E-state index contributed by atoms with van der Waals surface area (Å²) in [7, 11) is 0. The molecule has 2 heterocycles. The molecule has 0 aromatic carbocycles. The van der Waals surface area contributed by atoms with E-state index in [0.717, 1.165) is 64.2 Å². The SMILES string of the molecule is O=C1CC[C@]2(CCCN(C(=O)NC3CCCCC3)C2)CN1CC1CC1. The average Bonchev–Trinajstić information content (AvgIpc) is 3.44. The van der Waals surface area contributed by atoms with E-state index >= 15 is 0 Å². The zero-order chi connectivity index (χ0) is 17.3. The second-order valence-corrected chi connectivity index (χ2v) is 9.03. The molecule has 2 saturated heterocycles. The molecule has 4 aliphatic rings. The van der Waals surface area contributed by atoms with Gasteiger partial charge in [-0.3, -0.25) is 4.79 Å². The Bertz CT molecular complexity index is 513. The minimum Gasteiger partial charge on any atom is -0.342 e. The quantitative estimate of drug-likeness (QED) is 0.853. The monoisotopic (exact) mass is 347 g/mol. The summed E-state index contributed by atoms with van der Waals surface area (Å²) in [6.07, 6.45) is 12.5. The molecule has 25 heavy (non-hydrogen) atoms. The highest BCUT2D eigenvalue weighted by Crippen LogP contribution is 2.40. The van der Waals surface area contributed by atoms with Crippen molar-refractivity contribution in [1.82, 2.24) is 15.1 Å². The average molecular weight is 348 g/mol. The third kappa shape index (κ3) is 4.12. The Balaban J connectivity index is 1.35. The van der Waals surface area contributed by atoms with E-state index in [1.54, 1.807) is 0 Å². The van der Waals surface area contributed by atoms with Crippen LogP contribution in [-0.4, -0.2) is 54.0 Å². The fourth-order valence-corrected chi connectivity index (χ4v) is 5.11. The van der Waals surface area contributed by atoms with Crippen molar-refractivity contribution >= 4 is 11.9 Å². The lowest BCUT2D eigenvalue weighted by atomic mass is 9.73. The van der Waals surface area contributed by atoms with Gasteiger partial charge in [-0.2, -0.15) is 0 Å². The second-order valence-electron chi connectivity index (χ2n) is 9.03. The van der Waals surface area contributed by atoms with E-state index in [4.69, 9.17) is 0 Å².